The van der Waals surface area contributed by atoms with Gasteiger partial charge in [-0.2, -0.15) is 0 Å². The number of hydrogen-bond acceptors (Lipinski definition) is 3. The Kier molecular flexibility index (Phi) is 3.50. The van der Waals surface area contributed by atoms with Gasteiger partial charge in [0.1, 0.15) is 0 Å². The summed E-state index contributed by atoms with van der Waals surface area (Å²) in [6.45, 7) is 5.66. The highest BCUT2D eigenvalue weighted by atomic mass is 16.5. The lowest BCUT2D eigenvalue weighted by Crippen LogP contribution is -2.35. The molecule has 0 radical (unpaired) electrons. The molecule has 3 unspecified atom stereocenters. The molecule has 2 aliphatic rings. The lowest BCUT2D eigenvalue weighted by atomic mass is 9.89. The lowest BCUT2D eigenvalue weighted by Gasteiger charge is -2.23. The second-order valence-electron chi connectivity index (χ2n) is 5.14. The number of nitrogens with zero attached hydrogens (tertiary/aromatic N) is 1. The van der Waals surface area contributed by atoms with Crippen LogP contribution in [0.25, 0.3) is 0 Å². The maximum absolute atomic E-state index is 11.1. The van der Waals surface area contributed by atoms with Crippen LogP contribution in [0.4, 0.5) is 0 Å². The van der Waals surface area contributed by atoms with Gasteiger partial charge in [-0.1, -0.05) is 0 Å². The number of fused-ring (bicyclic) bond motifs is 2. The summed E-state index contributed by atoms with van der Waals surface area (Å²) in [6.07, 6.45) is 3.30. The molecule has 0 aromatic rings. The summed E-state index contributed by atoms with van der Waals surface area (Å²) < 4.78 is 5.53. The van der Waals surface area contributed by atoms with Gasteiger partial charge < -0.3 is 9.84 Å². The fraction of sp³-hybridized carbons (Fsp3) is 0.917. The van der Waals surface area contributed by atoms with Crippen LogP contribution < -0.4 is 0 Å². The molecule has 0 amide bonds. The Morgan fingerprint density at radius 3 is 2.81 bits per heavy atom. The molecule has 0 spiro atoms. The van der Waals surface area contributed by atoms with E-state index < -0.39 is 5.97 Å². The van der Waals surface area contributed by atoms with Crippen LogP contribution in [-0.4, -0.2) is 47.3 Å². The number of ether oxygens (including phenoxy) is 1. The molecule has 2 saturated heterocycles. The van der Waals surface area contributed by atoms with E-state index in [0.29, 0.717) is 6.04 Å². The van der Waals surface area contributed by atoms with Gasteiger partial charge in [0.05, 0.1) is 18.6 Å². The Labute approximate surface area is 96.6 Å². The highest BCUT2D eigenvalue weighted by Crippen LogP contribution is 2.41. The SMILES string of the molecule is CC(C)OCCN1C2CCC1C(C(=O)O)C2. The largest absolute Gasteiger partial charge is 0.481 e. The summed E-state index contributed by atoms with van der Waals surface area (Å²) in [4.78, 5) is 13.4. The Balaban J connectivity index is 1.85. The molecular formula is C12H21NO3. The number of carbonyl (C=O) groups is 1. The average Bonchev–Trinajstić information content (AvgIpc) is 2.74. The fourth-order valence-corrected chi connectivity index (χ4v) is 3.11. The molecule has 4 nitrogen and oxygen atoms in total. The van der Waals surface area contributed by atoms with Gasteiger partial charge in [-0.05, 0) is 33.1 Å². The summed E-state index contributed by atoms with van der Waals surface area (Å²) in [7, 11) is 0. The van der Waals surface area contributed by atoms with Crippen molar-refractivity contribution in [2.45, 2.75) is 51.3 Å². The first-order valence-corrected chi connectivity index (χ1v) is 6.19. The zero-order valence-electron chi connectivity index (χ0n) is 10.1. The first-order valence-electron chi connectivity index (χ1n) is 6.19. The van der Waals surface area contributed by atoms with Crippen LogP contribution in [0.2, 0.25) is 0 Å². The van der Waals surface area contributed by atoms with E-state index in [4.69, 9.17) is 9.84 Å². The van der Waals surface area contributed by atoms with Gasteiger partial charge in [-0.3, -0.25) is 9.69 Å². The number of rotatable bonds is 5. The van der Waals surface area contributed by atoms with Crippen LogP contribution in [0.15, 0.2) is 0 Å². The van der Waals surface area contributed by atoms with Crippen molar-refractivity contribution in [1.82, 2.24) is 4.90 Å². The molecule has 1 N–H and O–H groups in total. The molecule has 0 saturated carbocycles. The molecule has 2 aliphatic heterocycles. The number of aliphatic carboxylic acids is 1. The molecule has 3 atom stereocenters. The van der Waals surface area contributed by atoms with E-state index in [1.54, 1.807) is 0 Å². The summed E-state index contributed by atoms with van der Waals surface area (Å²) in [6, 6.07) is 0.750. The van der Waals surface area contributed by atoms with E-state index in [-0.39, 0.29) is 18.1 Å². The quantitative estimate of drug-likeness (QED) is 0.770. The molecule has 2 fully saturated rings. The highest BCUT2D eigenvalue weighted by Gasteiger charge is 2.48. The summed E-state index contributed by atoms with van der Waals surface area (Å²) in [5, 5.41) is 9.11. The van der Waals surface area contributed by atoms with Crippen molar-refractivity contribution >= 4 is 5.97 Å². The Morgan fingerprint density at radius 1 is 1.50 bits per heavy atom. The third-order valence-corrected chi connectivity index (χ3v) is 3.80. The van der Waals surface area contributed by atoms with Gasteiger partial charge in [0.15, 0.2) is 0 Å². The van der Waals surface area contributed by atoms with Crippen molar-refractivity contribution in [3.05, 3.63) is 0 Å². The Morgan fingerprint density at radius 2 is 2.25 bits per heavy atom. The summed E-state index contributed by atoms with van der Waals surface area (Å²) in [5.41, 5.74) is 0. The minimum atomic E-state index is -0.623. The molecule has 0 aliphatic carbocycles. The van der Waals surface area contributed by atoms with Crippen molar-refractivity contribution < 1.29 is 14.6 Å². The number of carboxylic acids is 1. The van der Waals surface area contributed by atoms with Crippen LogP contribution >= 0.6 is 0 Å². The van der Waals surface area contributed by atoms with Gasteiger partial charge in [-0.25, -0.2) is 0 Å². The van der Waals surface area contributed by atoms with Crippen LogP contribution in [0.3, 0.4) is 0 Å². The third-order valence-electron chi connectivity index (χ3n) is 3.80. The first kappa shape index (κ1) is 11.9. The van der Waals surface area contributed by atoms with E-state index in [1.807, 2.05) is 13.8 Å². The zero-order valence-corrected chi connectivity index (χ0v) is 10.1. The van der Waals surface area contributed by atoms with Gasteiger partial charge >= 0.3 is 5.97 Å². The summed E-state index contributed by atoms with van der Waals surface area (Å²) in [5.74, 6) is -0.764. The third kappa shape index (κ3) is 2.23. The maximum atomic E-state index is 11.1. The molecule has 0 aromatic carbocycles. The van der Waals surface area contributed by atoms with Gasteiger partial charge in [0.2, 0.25) is 0 Å². The molecule has 2 rings (SSSR count). The number of hydrogen-bond donors (Lipinski definition) is 1. The lowest BCUT2D eigenvalue weighted by molar-refractivity contribution is -0.142. The molecule has 4 heteroatoms. The van der Waals surface area contributed by atoms with Crippen LogP contribution in [0.1, 0.15) is 33.1 Å². The van der Waals surface area contributed by atoms with E-state index in [9.17, 15) is 4.79 Å². The van der Waals surface area contributed by atoms with E-state index >= 15 is 0 Å². The highest BCUT2D eigenvalue weighted by molar-refractivity contribution is 5.71. The van der Waals surface area contributed by atoms with Crippen LogP contribution in [0.5, 0.6) is 0 Å². The second-order valence-corrected chi connectivity index (χ2v) is 5.14. The van der Waals surface area contributed by atoms with Gasteiger partial charge in [-0.15, -0.1) is 0 Å². The van der Waals surface area contributed by atoms with Crippen molar-refractivity contribution in [2.24, 2.45) is 5.92 Å². The predicted octanol–water partition coefficient (Wildman–Crippen LogP) is 1.35. The molecule has 0 aromatic heterocycles. The molecule has 16 heavy (non-hydrogen) atoms. The van der Waals surface area contributed by atoms with Gasteiger partial charge in [0.25, 0.3) is 0 Å². The van der Waals surface area contributed by atoms with Crippen LogP contribution in [-0.2, 0) is 9.53 Å². The van der Waals surface area contributed by atoms with Crippen molar-refractivity contribution in [1.29, 1.82) is 0 Å². The zero-order chi connectivity index (χ0) is 11.7. The van der Waals surface area contributed by atoms with Crippen LogP contribution in [0, 0.1) is 5.92 Å². The van der Waals surface area contributed by atoms with E-state index in [2.05, 4.69) is 4.90 Å². The van der Waals surface area contributed by atoms with Crippen molar-refractivity contribution in [3.8, 4) is 0 Å². The maximum Gasteiger partial charge on any atom is 0.308 e. The normalized spacial score (nSPS) is 33.8. The Bertz CT molecular complexity index is 267. The number of carboxylic acid groups (broad SMARTS) is 1. The van der Waals surface area contributed by atoms with Crippen molar-refractivity contribution in [3.63, 3.8) is 0 Å². The monoisotopic (exact) mass is 227 g/mol. The fourth-order valence-electron chi connectivity index (χ4n) is 3.11. The van der Waals surface area contributed by atoms with Gasteiger partial charge in [0, 0.05) is 18.6 Å². The molecule has 92 valence electrons. The minimum absolute atomic E-state index is 0.141. The standard InChI is InChI=1S/C12H21NO3/c1-8(2)16-6-5-13-9-3-4-11(13)10(7-9)12(14)15/h8-11H,3-7H2,1-2H3,(H,14,15). The predicted molar refractivity (Wildman–Crippen MR) is 60.3 cm³/mol. The summed E-state index contributed by atoms with van der Waals surface area (Å²) >= 11 is 0. The Hall–Kier alpha value is -0.610. The average molecular weight is 227 g/mol. The van der Waals surface area contributed by atoms with E-state index in [1.165, 1.54) is 0 Å². The minimum Gasteiger partial charge on any atom is -0.481 e. The first-order chi connectivity index (χ1) is 7.59. The van der Waals surface area contributed by atoms with E-state index in [0.717, 1.165) is 32.4 Å². The topological polar surface area (TPSA) is 49.8 Å². The van der Waals surface area contributed by atoms with Crippen molar-refractivity contribution in [2.75, 3.05) is 13.2 Å². The molecule has 2 bridgehead atoms. The molecular weight excluding hydrogens is 206 g/mol. The smallest absolute Gasteiger partial charge is 0.308 e. The second kappa shape index (κ2) is 4.72. The molecule has 2 heterocycles.